The number of ether oxygens (including phenoxy) is 1. The Bertz CT molecular complexity index is 1030. The van der Waals surface area contributed by atoms with E-state index in [2.05, 4.69) is 31.6 Å². The van der Waals surface area contributed by atoms with Gasteiger partial charge in [0.05, 0.1) is 29.8 Å². The van der Waals surface area contributed by atoms with Gasteiger partial charge in [0.2, 0.25) is 17.7 Å². The maximum atomic E-state index is 12.6. The Morgan fingerprint density at radius 3 is 2.70 bits per heavy atom. The van der Waals surface area contributed by atoms with Gasteiger partial charge >= 0.3 is 0 Å². The van der Waals surface area contributed by atoms with Crippen LogP contribution in [0.25, 0.3) is 5.69 Å². The van der Waals surface area contributed by atoms with E-state index >= 15 is 0 Å². The quantitative estimate of drug-likeness (QED) is 0.599. The molecule has 0 radical (unpaired) electrons. The van der Waals surface area contributed by atoms with E-state index in [4.69, 9.17) is 9.26 Å². The summed E-state index contributed by atoms with van der Waals surface area (Å²) in [7, 11) is 0. The molecule has 0 aliphatic carbocycles. The highest BCUT2D eigenvalue weighted by atomic mass is 32.2. The van der Waals surface area contributed by atoms with Gasteiger partial charge in [0.1, 0.15) is 0 Å². The minimum Gasteiger partial charge on any atom is -0.378 e. The lowest BCUT2D eigenvalue weighted by molar-refractivity contribution is -0.115. The van der Waals surface area contributed by atoms with E-state index in [1.807, 2.05) is 36.6 Å². The van der Waals surface area contributed by atoms with Crippen LogP contribution in [-0.2, 0) is 9.53 Å². The first kappa shape index (κ1) is 20.4. The number of nitrogens with one attached hydrogen (secondary N) is 1. The molecule has 4 rings (SSSR count). The number of amides is 1. The first-order chi connectivity index (χ1) is 14.5. The Labute approximate surface area is 178 Å². The number of hydrogen-bond acceptors (Lipinski definition) is 8. The number of rotatable bonds is 6. The maximum absolute atomic E-state index is 12.6. The molecule has 0 bridgehead atoms. The SMILES string of the molecule is Cc1cccc(-n2c(SC(C)C(=O)Nc3cc(C)no3)nnc2N2CCOCC2)c1. The number of aromatic nitrogens is 4. The molecule has 0 saturated carbocycles. The third kappa shape index (κ3) is 4.49. The van der Waals surface area contributed by atoms with E-state index in [1.54, 1.807) is 13.0 Å². The molecular weight excluding hydrogens is 404 g/mol. The Morgan fingerprint density at radius 1 is 1.20 bits per heavy atom. The van der Waals surface area contributed by atoms with Gasteiger partial charge in [0, 0.05) is 19.2 Å². The highest BCUT2D eigenvalue weighted by Gasteiger charge is 2.25. The van der Waals surface area contributed by atoms with E-state index < -0.39 is 5.25 Å². The van der Waals surface area contributed by atoms with E-state index in [0.29, 0.717) is 29.9 Å². The Hall–Kier alpha value is -2.85. The highest BCUT2D eigenvalue weighted by molar-refractivity contribution is 8.00. The summed E-state index contributed by atoms with van der Waals surface area (Å²) in [6.45, 7) is 8.47. The van der Waals surface area contributed by atoms with Crippen molar-refractivity contribution >= 4 is 29.5 Å². The van der Waals surface area contributed by atoms with E-state index in [0.717, 1.165) is 30.3 Å². The first-order valence-electron chi connectivity index (χ1n) is 9.77. The fourth-order valence-electron chi connectivity index (χ4n) is 3.16. The molecule has 30 heavy (non-hydrogen) atoms. The number of benzene rings is 1. The summed E-state index contributed by atoms with van der Waals surface area (Å²) in [5, 5.41) is 15.6. The topological polar surface area (TPSA) is 98.3 Å². The van der Waals surface area contributed by atoms with Crippen LogP contribution in [0.5, 0.6) is 0 Å². The molecule has 1 aliphatic rings. The van der Waals surface area contributed by atoms with Gasteiger partial charge in [-0.2, -0.15) is 0 Å². The average Bonchev–Trinajstić information content (AvgIpc) is 3.34. The van der Waals surface area contributed by atoms with Crippen LogP contribution in [-0.4, -0.2) is 57.4 Å². The average molecular weight is 429 g/mol. The lowest BCUT2D eigenvalue weighted by Crippen LogP contribution is -2.38. The van der Waals surface area contributed by atoms with Crippen molar-refractivity contribution in [1.82, 2.24) is 19.9 Å². The second-order valence-electron chi connectivity index (χ2n) is 7.14. The van der Waals surface area contributed by atoms with Crippen molar-refractivity contribution < 1.29 is 14.1 Å². The molecule has 3 aromatic rings. The maximum Gasteiger partial charge on any atom is 0.240 e. The second kappa shape index (κ2) is 8.88. The van der Waals surface area contributed by atoms with Crippen molar-refractivity contribution in [2.75, 3.05) is 36.5 Å². The summed E-state index contributed by atoms with van der Waals surface area (Å²) in [5.41, 5.74) is 2.80. The van der Waals surface area contributed by atoms with Crippen LogP contribution in [0.4, 0.5) is 11.8 Å². The summed E-state index contributed by atoms with van der Waals surface area (Å²) in [4.78, 5) is 14.8. The minimum absolute atomic E-state index is 0.192. The van der Waals surface area contributed by atoms with Crippen molar-refractivity contribution in [2.45, 2.75) is 31.2 Å². The number of morpholine rings is 1. The Kier molecular flexibility index (Phi) is 6.05. The van der Waals surface area contributed by atoms with Gasteiger partial charge in [-0.25, -0.2) is 0 Å². The third-order valence-electron chi connectivity index (χ3n) is 4.70. The molecule has 1 aromatic carbocycles. The van der Waals surface area contributed by atoms with Gasteiger partial charge in [-0.1, -0.05) is 29.1 Å². The summed E-state index contributed by atoms with van der Waals surface area (Å²) in [6.07, 6.45) is 0. The monoisotopic (exact) mass is 428 g/mol. The largest absolute Gasteiger partial charge is 0.378 e. The van der Waals surface area contributed by atoms with Crippen LogP contribution in [0.1, 0.15) is 18.2 Å². The summed E-state index contributed by atoms with van der Waals surface area (Å²) < 4.78 is 12.6. The zero-order valence-corrected chi connectivity index (χ0v) is 18.0. The Morgan fingerprint density at radius 2 is 2.00 bits per heavy atom. The van der Waals surface area contributed by atoms with Crippen molar-refractivity contribution in [1.29, 1.82) is 0 Å². The molecule has 1 amide bonds. The van der Waals surface area contributed by atoms with Crippen molar-refractivity contribution in [2.24, 2.45) is 0 Å². The number of anilines is 2. The van der Waals surface area contributed by atoms with Gasteiger partial charge in [-0.15, -0.1) is 10.2 Å². The molecule has 1 aliphatic heterocycles. The van der Waals surface area contributed by atoms with Crippen LogP contribution < -0.4 is 10.2 Å². The molecule has 158 valence electrons. The molecule has 1 atom stereocenters. The molecule has 0 spiro atoms. The first-order valence-corrected chi connectivity index (χ1v) is 10.7. The lowest BCUT2D eigenvalue weighted by Gasteiger charge is -2.28. The van der Waals surface area contributed by atoms with Crippen molar-refractivity contribution in [3.63, 3.8) is 0 Å². The molecule has 1 fully saturated rings. The predicted molar refractivity (Wildman–Crippen MR) is 114 cm³/mol. The molecule has 10 heteroatoms. The van der Waals surface area contributed by atoms with Gasteiger partial charge < -0.3 is 14.2 Å². The Balaban J connectivity index is 1.60. The molecule has 2 aromatic heterocycles. The zero-order valence-electron chi connectivity index (χ0n) is 17.2. The fourth-order valence-corrected chi connectivity index (χ4v) is 4.02. The van der Waals surface area contributed by atoms with Gasteiger partial charge in [0.15, 0.2) is 5.16 Å². The lowest BCUT2D eigenvalue weighted by atomic mass is 10.2. The van der Waals surface area contributed by atoms with E-state index in [1.165, 1.54) is 11.8 Å². The summed E-state index contributed by atoms with van der Waals surface area (Å²) in [5.74, 6) is 0.895. The van der Waals surface area contributed by atoms with Gasteiger partial charge in [-0.05, 0) is 38.5 Å². The normalized spacial score (nSPS) is 15.2. The van der Waals surface area contributed by atoms with Crippen LogP contribution >= 0.6 is 11.8 Å². The minimum atomic E-state index is -0.416. The van der Waals surface area contributed by atoms with E-state index in [-0.39, 0.29) is 5.91 Å². The molecule has 9 nitrogen and oxygen atoms in total. The van der Waals surface area contributed by atoms with Crippen LogP contribution in [0.3, 0.4) is 0 Å². The smallest absolute Gasteiger partial charge is 0.240 e. The zero-order chi connectivity index (χ0) is 21.1. The number of hydrogen-bond donors (Lipinski definition) is 1. The molecule has 1 saturated heterocycles. The molecule has 1 N–H and O–H groups in total. The van der Waals surface area contributed by atoms with Crippen molar-refractivity contribution in [3.05, 3.63) is 41.6 Å². The third-order valence-corrected chi connectivity index (χ3v) is 5.74. The van der Waals surface area contributed by atoms with Crippen LogP contribution in [0.15, 0.2) is 40.0 Å². The van der Waals surface area contributed by atoms with Crippen LogP contribution in [0.2, 0.25) is 0 Å². The fraction of sp³-hybridized carbons (Fsp3) is 0.400. The summed E-state index contributed by atoms with van der Waals surface area (Å²) >= 11 is 1.35. The molecule has 1 unspecified atom stereocenters. The number of nitrogens with zero attached hydrogens (tertiary/aromatic N) is 5. The highest BCUT2D eigenvalue weighted by Crippen LogP contribution is 2.30. The van der Waals surface area contributed by atoms with E-state index in [9.17, 15) is 4.79 Å². The number of carbonyl (C=O) groups excluding carboxylic acids is 1. The number of thioether (sulfide) groups is 1. The second-order valence-corrected chi connectivity index (χ2v) is 8.45. The number of carbonyl (C=O) groups is 1. The van der Waals surface area contributed by atoms with Gasteiger partial charge in [0.25, 0.3) is 0 Å². The van der Waals surface area contributed by atoms with Crippen LogP contribution in [0, 0.1) is 13.8 Å². The predicted octanol–water partition coefficient (Wildman–Crippen LogP) is 2.83. The number of aryl methyl sites for hydroxylation is 2. The molecular formula is C20H24N6O3S. The van der Waals surface area contributed by atoms with Gasteiger partial charge in [-0.3, -0.25) is 14.7 Å². The summed E-state index contributed by atoms with van der Waals surface area (Å²) in [6, 6.07) is 9.84. The van der Waals surface area contributed by atoms with Crippen molar-refractivity contribution in [3.8, 4) is 5.69 Å². The molecule has 3 heterocycles. The standard InChI is InChI=1S/C20H24N6O3S/c1-13-5-4-6-16(11-13)26-19(25-7-9-28-10-8-25)22-23-20(26)30-15(3)18(27)21-17-12-14(2)24-29-17/h4-6,11-12,15H,7-10H2,1-3H3,(H,21,27).